The summed E-state index contributed by atoms with van der Waals surface area (Å²) in [5, 5.41) is 0.693. The number of rotatable bonds is 6. The molecular formula is C12H15Br2Cl2NO2S. The Kier molecular flexibility index (Phi) is 6.82. The Hall–Kier alpha value is 0.670. The summed E-state index contributed by atoms with van der Waals surface area (Å²) in [4.78, 5) is -0.0868. The van der Waals surface area contributed by atoms with Crippen molar-refractivity contribution in [1.82, 2.24) is 4.72 Å². The van der Waals surface area contributed by atoms with E-state index >= 15 is 0 Å². The van der Waals surface area contributed by atoms with E-state index in [-0.39, 0.29) is 14.9 Å². The Morgan fingerprint density at radius 1 is 1.20 bits per heavy atom. The van der Waals surface area contributed by atoms with E-state index in [0.29, 0.717) is 22.6 Å². The number of sulfonamides is 1. The third kappa shape index (κ3) is 4.11. The summed E-state index contributed by atoms with van der Waals surface area (Å²) >= 11 is 18.7. The lowest BCUT2D eigenvalue weighted by atomic mass is 9.97. The summed E-state index contributed by atoms with van der Waals surface area (Å²) in [5.41, 5.74) is -0.557. The first-order chi connectivity index (χ1) is 9.21. The lowest BCUT2D eigenvalue weighted by Gasteiger charge is -2.30. The molecule has 0 atom stereocenters. The van der Waals surface area contributed by atoms with Crippen LogP contribution in [0.5, 0.6) is 0 Å². The fourth-order valence-corrected chi connectivity index (χ4v) is 6.33. The number of hydrogen-bond acceptors (Lipinski definition) is 2. The molecule has 20 heavy (non-hydrogen) atoms. The zero-order valence-electron chi connectivity index (χ0n) is 11.0. The van der Waals surface area contributed by atoms with Gasteiger partial charge in [-0.05, 0) is 25.0 Å². The van der Waals surface area contributed by atoms with Crippen LogP contribution >= 0.6 is 55.1 Å². The Balaban J connectivity index is 3.32. The molecule has 0 saturated heterocycles. The second-order valence-electron chi connectivity index (χ2n) is 4.43. The molecule has 0 aliphatic carbocycles. The van der Waals surface area contributed by atoms with Gasteiger partial charge in [0.1, 0.15) is 4.90 Å². The monoisotopic (exact) mass is 465 g/mol. The smallest absolute Gasteiger partial charge is 0.207 e. The summed E-state index contributed by atoms with van der Waals surface area (Å²) in [6.45, 7) is 3.86. The normalized spacial score (nSPS) is 12.7. The number of benzene rings is 1. The summed E-state index contributed by atoms with van der Waals surface area (Å²) in [7, 11) is -3.80. The van der Waals surface area contributed by atoms with E-state index < -0.39 is 15.6 Å². The molecule has 114 valence electrons. The minimum Gasteiger partial charge on any atom is -0.207 e. The number of hydrogen-bond donors (Lipinski definition) is 1. The summed E-state index contributed by atoms with van der Waals surface area (Å²) in [5.74, 6) is 0. The predicted octanol–water partition coefficient (Wildman–Crippen LogP) is 4.99. The largest absolute Gasteiger partial charge is 0.244 e. The molecule has 0 aromatic heterocycles. The number of alkyl halides is 1. The van der Waals surface area contributed by atoms with Gasteiger partial charge in [-0.15, -0.1) is 0 Å². The van der Waals surface area contributed by atoms with Crippen molar-refractivity contribution in [2.24, 2.45) is 0 Å². The van der Waals surface area contributed by atoms with Gasteiger partial charge >= 0.3 is 0 Å². The summed E-state index contributed by atoms with van der Waals surface area (Å²) < 4.78 is 28.5. The highest BCUT2D eigenvalue weighted by molar-refractivity contribution is 9.10. The minimum absolute atomic E-state index is 0.0868. The first kappa shape index (κ1) is 18.7. The Bertz CT molecular complexity index is 558. The van der Waals surface area contributed by atoms with Crippen molar-refractivity contribution in [3.8, 4) is 0 Å². The molecule has 1 aromatic carbocycles. The SMILES string of the molecule is CCC(CC)(CBr)NS(=O)(=O)c1c(Cl)cc(Br)cc1Cl. The highest BCUT2D eigenvalue weighted by Crippen LogP contribution is 2.34. The maximum atomic E-state index is 12.6. The molecule has 3 nitrogen and oxygen atoms in total. The number of nitrogens with one attached hydrogen (secondary N) is 1. The molecule has 0 radical (unpaired) electrons. The molecule has 0 heterocycles. The highest BCUT2D eigenvalue weighted by atomic mass is 79.9. The van der Waals surface area contributed by atoms with Crippen molar-refractivity contribution < 1.29 is 8.42 Å². The molecular weight excluding hydrogens is 453 g/mol. The molecule has 0 bridgehead atoms. The third-order valence-electron chi connectivity index (χ3n) is 3.19. The Morgan fingerprint density at radius 2 is 1.65 bits per heavy atom. The van der Waals surface area contributed by atoms with Gasteiger partial charge in [-0.2, -0.15) is 0 Å². The van der Waals surface area contributed by atoms with Crippen LogP contribution < -0.4 is 4.72 Å². The maximum Gasteiger partial charge on any atom is 0.244 e. The molecule has 0 amide bonds. The van der Waals surface area contributed by atoms with Crippen LogP contribution in [0.15, 0.2) is 21.5 Å². The van der Waals surface area contributed by atoms with E-state index in [1.165, 1.54) is 12.1 Å². The fourth-order valence-electron chi connectivity index (χ4n) is 1.73. The van der Waals surface area contributed by atoms with Crippen LogP contribution in [0.1, 0.15) is 26.7 Å². The second kappa shape index (κ2) is 7.29. The zero-order valence-corrected chi connectivity index (χ0v) is 16.5. The van der Waals surface area contributed by atoms with E-state index in [9.17, 15) is 8.42 Å². The van der Waals surface area contributed by atoms with Gasteiger partial charge in [0.25, 0.3) is 0 Å². The van der Waals surface area contributed by atoms with Gasteiger partial charge in [-0.1, -0.05) is 68.9 Å². The standard InChI is InChI=1S/C12H15Br2Cl2NO2S/c1-3-12(4-2,7-13)17-20(18,19)11-9(15)5-8(14)6-10(11)16/h5-6,17H,3-4,7H2,1-2H3. The van der Waals surface area contributed by atoms with Crippen molar-refractivity contribution in [3.05, 3.63) is 26.7 Å². The first-order valence-electron chi connectivity index (χ1n) is 5.96. The summed E-state index contributed by atoms with van der Waals surface area (Å²) in [6.07, 6.45) is 1.31. The molecule has 0 aliphatic rings. The molecule has 1 rings (SSSR count). The van der Waals surface area contributed by atoms with Crippen molar-refractivity contribution >= 4 is 65.1 Å². The van der Waals surface area contributed by atoms with Crippen LogP contribution in [0.4, 0.5) is 0 Å². The lowest BCUT2D eigenvalue weighted by molar-refractivity contribution is 0.398. The zero-order chi connectivity index (χ0) is 15.6. The van der Waals surface area contributed by atoms with Crippen LogP contribution in [0.2, 0.25) is 10.0 Å². The van der Waals surface area contributed by atoms with E-state index in [2.05, 4.69) is 36.6 Å². The molecule has 0 spiro atoms. The predicted molar refractivity (Wildman–Crippen MR) is 91.6 cm³/mol. The van der Waals surface area contributed by atoms with Gasteiger partial charge in [-0.25, -0.2) is 13.1 Å². The molecule has 8 heteroatoms. The number of halogens is 4. The molecule has 1 aromatic rings. The van der Waals surface area contributed by atoms with Gasteiger partial charge in [-0.3, -0.25) is 0 Å². The van der Waals surface area contributed by atoms with E-state index in [4.69, 9.17) is 23.2 Å². The van der Waals surface area contributed by atoms with Crippen LogP contribution in [0.3, 0.4) is 0 Å². The molecule has 0 saturated carbocycles. The van der Waals surface area contributed by atoms with E-state index in [0.717, 1.165) is 0 Å². The lowest BCUT2D eigenvalue weighted by Crippen LogP contribution is -2.49. The van der Waals surface area contributed by atoms with Gasteiger partial charge in [0, 0.05) is 15.3 Å². The van der Waals surface area contributed by atoms with Crippen LogP contribution in [0, 0.1) is 0 Å². The molecule has 0 aliphatic heterocycles. The van der Waals surface area contributed by atoms with Gasteiger partial charge < -0.3 is 0 Å². The van der Waals surface area contributed by atoms with Gasteiger partial charge in [0.2, 0.25) is 10.0 Å². The van der Waals surface area contributed by atoms with Crippen LogP contribution in [-0.4, -0.2) is 19.3 Å². The molecule has 0 unspecified atom stereocenters. The van der Waals surface area contributed by atoms with Crippen LogP contribution in [0.25, 0.3) is 0 Å². The van der Waals surface area contributed by atoms with E-state index in [1.807, 2.05) is 13.8 Å². The highest BCUT2D eigenvalue weighted by Gasteiger charge is 2.33. The minimum atomic E-state index is -3.80. The molecule has 0 fully saturated rings. The Morgan fingerprint density at radius 3 is 2.00 bits per heavy atom. The van der Waals surface area contributed by atoms with Crippen molar-refractivity contribution in [2.75, 3.05) is 5.33 Å². The topological polar surface area (TPSA) is 46.2 Å². The summed E-state index contributed by atoms with van der Waals surface area (Å²) in [6, 6.07) is 3.02. The first-order valence-corrected chi connectivity index (χ1v) is 10.1. The average molecular weight is 468 g/mol. The van der Waals surface area contributed by atoms with Gasteiger partial charge in [0.05, 0.1) is 10.0 Å². The van der Waals surface area contributed by atoms with Crippen molar-refractivity contribution in [1.29, 1.82) is 0 Å². The Labute approximate surface area is 146 Å². The van der Waals surface area contributed by atoms with E-state index in [1.54, 1.807) is 0 Å². The quantitative estimate of drug-likeness (QED) is 0.599. The fraction of sp³-hybridized carbons (Fsp3) is 0.500. The maximum absolute atomic E-state index is 12.6. The third-order valence-corrected chi connectivity index (χ3v) is 7.22. The second-order valence-corrected chi connectivity index (χ2v) is 8.34. The van der Waals surface area contributed by atoms with Crippen molar-refractivity contribution in [3.63, 3.8) is 0 Å². The molecule has 1 N–H and O–H groups in total. The van der Waals surface area contributed by atoms with Crippen molar-refractivity contribution in [2.45, 2.75) is 37.1 Å². The average Bonchev–Trinajstić information content (AvgIpc) is 2.34. The van der Waals surface area contributed by atoms with Crippen LogP contribution in [-0.2, 0) is 10.0 Å². The van der Waals surface area contributed by atoms with Gasteiger partial charge in [0.15, 0.2) is 0 Å².